The molecule has 3 rings (SSSR count). The van der Waals surface area contributed by atoms with Crippen LogP contribution < -0.4 is 9.64 Å². The predicted octanol–water partition coefficient (Wildman–Crippen LogP) is 3.24. The van der Waals surface area contributed by atoms with E-state index in [-0.39, 0.29) is 24.0 Å². The third-order valence-corrected chi connectivity index (χ3v) is 3.59. The number of carbonyl (C=O) groups excluding carboxylic acids is 1. The van der Waals surface area contributed by atoms with Crippen LogP contribution in [0.4, 0.5) is 10.1 Å². The Bertz CT molecular complexity index is 742. The molecule has 0 spiro atoms. The number of phenolic OH excluding ortho intramolecular Hbond substituents is 1. The van der Waals surface area contributed by atoms with Gasteiger partial charge in [0.05, 0.1) is 12.2 Å². The van der Waals surface area contributed by atoms with Crippen LogP contribution in [-0.2, 0) is 11.3 Å². The van der Waals surface area contributed by atoms with Crippen molar-refractivity contribution in [3.8, 4) is 11.5 Å². The molecule has 0 bridgehead atoms. The highest BCUT2D eigenvalue weighted by molar-refractivity contribution is 6.02. The molecule has 1 amide bonds. The van der Waals surface area contributed by atoms with E-state index in [0.29, 0.717) is 17.0 Å². The maximum atomic E-state index is 13.4. The second kappa shape index (κ2) is 5.02. The van der Waals surface area contributed by atoms with Crippen LogP contribution in [0.25, 0.3) is 0 Å². The van der Waals surface area contributed by atoms with Crippen molar-refractivity contribution >= 4 is 11.6 Å². The quantitative estimate of drug-likeness (QED) is 0.926. The molecule has 2 aromatic carbocycles. The van der Waals surface area contributed by atoms with Crippen LogP contribution in [0.1, 0.15) is 19.4 Å². The minimum Gasteiger partial charge on any atom is -0.508 e. The smallest absolute Gasteiger partial charge is 0.271 e. The molecule has 0 unspecified atom stereocenters. The van der Waals surface area contributed by atoms with Gasteiger partial charge in [-0.05, 0) is 43.7 Å². The standard InChI is InChI=1S/C17H16FNO3/c1-17(2)16(21)19(10-11-4-3-5-12(18)8-11)14-7-6-13(20)9-15(14)22-17/h3-9,20H,10H2,1-2H3. The van der Waals surface area contributed by atoms with Crippen molar-refractivity contribution < 1.29 is 19.0 Å². The summed E-state index contributed by atoms with van der Waals surface area (Å²) in [5, 5.41) is 9.60. The molecule has 22 heavy (non-hydrogen) atoms. The molecular formula is C17H16FNO3. The summed E-state index contributed by atoms with van der Waals surface area (Å²) in [5.41, 5.74) is 0.199. The topological polar surface area (TPSA) is 49.8 Å². The maximum absolute atomic E-state index is 13.4. The van der Waals surface area contributed by atoms with Crippen LogP contribution in [0.15, 0.2) is 42.5 Å². The van der Waals surface area contributed by atoms with Gasteiger partial charge in [-0.3, -0.25) is 4.79 Å². The lowest BCUT2D eigenvalue weighted by molar-refractivity contribution is -0.132. The average Bonchev–Trinajstić information content (AvgIpc) is 2.43. The second-order valence-electron chi connectivity index (χ2n) is 5.79. The summed E-state index contributed by atoms with van der Waals surface area (Å²) >= 11 is 0. The van der Waals surface area contributed by atoms with Gasteiger partial charge in [0.15, 0.2) is 5.60 Å². The third-order valence-electron chi connectivity index (χ3n) is 3.59. The number of benzene rings is 2. The summed E-state index contributed by atoms with van der Waals surface area (Å²) in [6.07, 6.45) is 0. The molecule has 5 heteroatoms. The molecule has 1 N–H and O–H groups in total. The van der Waals surface area contributed by atoms with Gasteiger partial charge < -0.3 is 14.7 Å². The predicted molar refractivity (Wildman–Crippen MR) is 80.4 cm³/mol. The molecular weight excluding hydrogens is 285 g/mol. The van der Waals surface area contributed by atoms with Crippen LogP contribution >= 0.6 is 0 Å². The molecule has 0 aromatic heterocycles. The summed E-state index contributed by atoms with van der Waals surface area (Å²) in [6.45, 7) is 3.57. The fourth-order valence-electron chi connectivity index (χ4n) is 2.54. The van der Waals surface area contributed by atoms with Crippen molar-refractivity contribution in [1.82, 2.24) is 0 Å². The molecule has 0 saturated heterocycles. The van der Waals surface area contributed by atoms with Crippen LogP contribution in [0, 0.1) is 5.82 Å². The van der Waals surface area contributed by atoms with E-state index in [2.05, 4.69) is 0 Å². The summed E-state index contributed by atoms with van der Waals surface area (Å²) in [4.78, 5) is 14.2. The van der Waals surface area contributed by atoms with E-state index < -0.39 is 5.60 Å². The second-order valence-corrected chi connectivity index (χ2v) is 5.79. The van der Waals surface area contributed by atoms with Crippen molar-refractivity contribution in [3.63, 3.8) is 0 Å². The van der Waals surface area contributed by atoms with E-state index in [1.54, 1.807) is 36.9 Å². The zero-order chi connectivity index (χ0) is 15.9. The van der Waals surface area contributed by atoms with Crippen LogP contribution in [-0.4, -0.2) is 16.6 Å². The first-order valence-electron chi connectivity index (χ1n) is 6.95. The van der Waals surface area contributed by atoms with Gasteiger partial charge in [-0.1, -0.05) is 12.1 Å². The Morgan fingerprint density at radius 2 is 2.00 bits per heavy atom. The average molecular weight is 301 g/mol. The zero-order valence-corrected chi connectivity index (χ0v) is 12.3. The summed E-state index contributed by atoms with van der Waals surface area (Å²) in [5.74, 6) is -0.0612. The van der Waals surface area contributed by atoms with E-state index in [1.807, 2.05) is 0 Å². The van der Waals surface area contributed by atoms with E-state index in [0.717, 1.165) is 0 Å². The Kier molecular flexibility index (Phi) is 3.28. The highest BCUT2D eigenvalue weighted by Crippen LogP contribution is 2.40. The van der Waals surface area contributed by atoms with E-state index in [9.17, 15) is 14.3 Å². The van der Waals surface area contributed by atoms with E-state index in [1.165, 1.54) is 24.3 Å². The SMILES string of the molecule is CC1(C)Oc2cc(O)ccc2N(Cc2cccc(F)c2)C1=O. The van der Waals surface area contributed by atoms with Gasteiger partial charge >= 0.3 is 0 Å². The van der Waals surface area contributed by atoms with Gasteiger partial charge in [0.2, 0.25) is 0 Å². The molecule has 0 saturated carbocycles. The van der Waals surface area contributed by atoms with Gasteiger partial charge in [0.25, 0.3) is 5.91 Å². The summed E-state index contributed by atoms with van der Waals surface area (Å²) < 4.78 is 19.0. The Hall–Kier alpha value is -2.56. The Morgan fingerprint density at radius 3 is 2.73 bits per heavy atom. The van der Waals surface area contributed by atoms with Crippen molar-refractivity contribution in [2.45, 2.75) is 26.0 Å². The minimum atomic E-state index is -1.05. The first-order valence-corrected chi connectivity index (χ1v) is 6.95. The van der Waals surface area contributed by atoms with Crippen LogP contribution in [0.3, 0.4) is 0 Å². The van der Waals surface area contributed by atoms with Crippen molar-refractivity contribution in [2.24, 2.45) is 0 Å². The molecule has 2 aromatic rings. The summed E-state index contributed by atoms with van der Waals surface area (Å²) in [7, 11) is 0. The van der Waals surface area contributed by atoms with Crippen LogP contribution in [0.2, 0.25) is 0 Å². The number of amides is 1. The number of ether oxygens (including phenoxy) is 1. The normalized spacial score (nSPS) is 16.1. The highest BCUT2D eigenvalue weighted by atomic mass is 19.1. The Balaban J connectivity index is 2.03. The Morgan fingerprint density at radius 1 is 1.23 bits per heavy atom. The minimum absolute atomic E-state index is 0.0644. The first kappa shape index (κ1) is 14.4. The monoisotopic (exact) mass is 301 g/mol. The van der Waals surface area contributed by atoms with E-state index in [4.69, 9.17) is 4.74 Å². The first-order chi connectivity index (χ1) is 10.4. The molecule has 0 radical (unpaired) electrons. The molecule has 0 atom stereocenters. The fraction of sp³-hybridized carbons (Fsp3) is 0.235. The maximum Gasteiger partial charge on any atom is 0.271 e. The lowest BCUT2D eigenvalue weighted by atomic mass is 10.0. The number of rotatable bonds is 2. The molecule has 0 aliphatic carbocycles. The van der Waals surface area contributed by atoms with Crippen molar-refractivity contribution in [2.75, 3.05) is 4.90 Å². The molecule has 4 nitrogen and oxygen atoms in total. The zero-order valence-electron chi connectivity index (χ0n) is 12.3. The number of anilines is 1. The number of halogens is 1. The van der Waals surface area contributed by atoms with Gasteiger partial charge in [0, 0.05) is 6.07 Å². The largest absolute Gasteiger partial charge is 0.508 e. The lowest BCUT2D eigenvalue weighted by Gasteiger charge is -2.38. The highest BCUT2D eigenvalue weighted by Gasteiger charge is 2.40. The van der Waals surface area contributed by atoms with Crippen molar-refractivity contribution in [1.29, 1.82) is 0 Å². The van der Waals surface area contributed by atoms with E-state index >= 15 is 0 Å². The molecule has 114 valence electrons. The third kappa shape index (κ3) is 2.50. The molecule has 1 heterocycles. The van der Waals surface area contributed by atoms with Crippen LogP contribution in [0.5, 0.6) is 11.5 Å². The van der Waals surface area contributed by atoms with Crippen molar-refractivity contribution in [3.05, 3.63) is 53.8 Å². The number of carbonyl (C=O) groups is 1. The van der Waals surface area contributed by atoms with Gasteiger partial charge in [0.1, 0.15) is 17.3 Å². The number of phenols is 1. The molecule has 1 aliphatic rings. The number of hydrogen-bond acceptors (Lipinski definition) is 3. The number of hydrogen-bond donors (Lipinski definition) is 1. The molecule has 0 fully saturated rings. The number of nitrogens with zero attached hydrogens (tertiary/aromatic N) is 1. The van der Waals surface area contributed by atoms with Gasteiger partial charge in [-0.2, -0.15) is 0 Å². The fourth-order valence-corrected chi connectivity index (χ4v) is 2.54. The lowest BCUT2D eigenvalue weighted by Crippen LogP contribution is -2.52. The van der Waals surface area contributed by atoms with Gasteiger partial charge in [-0.15, -0.1) is 0 Å². The summed E-state index contributed by atoms with van der Waals surface area (Å²) in [6, 6.07) is 10.7. The number of fused-ring (bicyclic) bond motifs is 1. The Labute approximate surface area is 127 Å². The molecule has 1 aliphatic heterocycles. The van der Waals surface area contributed by atoms with Gasteiger partial charge in [-0.25, -0.2) is 4.39 Å². The number of aromatic hydroxyl groups is 1.